The molecule has 0 aromatic heterocycles. The van der Waals surface area contributed by atoms with Gasteiger partial charge in [-0.25, -0.2) is 0 Å². The number of rotatable bonds is 2. The van der Waals surface area contributed by atoms with Crippen LogP contribution in [0.5, 0.6) is 0 Å². The molecule has 4 rings (SSSR count). The molecule has 0 aromatic carbocycles. The van der Waals surface area contributed by atoms with Gasteiger partial charge in [0.05, 0.1) is 19.1 Å². The van der Waals surface area contributed by atoms with Crippen molar-refractivity contribution in [2.24, 2.45) is 46.2 Å². The summed E-state index contributed by atoms with van der Waals surface area (Å²) >= 11 is 0. The summed E-state index contributed by atoms with van der Waals surface area (Å²) in [5, 5.41) is 10.8. The van der Waals surface area contributed by atoms with Crippen LogP contribution in [-0.4, -0.2) is 42.4 Å². The van der Waals surface area contributed by atoms with Crippen LogP contribution < -0.4 is 5.73 Å². The van der Waals surface area contributed by atoms with Crippen molar-refractivity contribution in [2.75, 3.05) is 7.11 Å². The van der Waals surface area contributed by atoms with E-state index in [0.717, 1.165) is 38.5 Å². The van der Waals surface area contributed by atoms with E-state index < -0.39 is 12.2 Å². The average molecular weight is 408 g/mol. The van der Waals surface area contributed by atoms with Crippen molar-refractivity contribution in [1.29, 1.82) is 0 Å². The van der Waals surface area contributed by atoms with Crippen molar-refractivity contribution in [3.8, 4) is 0 Å². The molecule has 29 heavy (non-hydrogen) atoms. The van der Waals surface area contributed by atoms with Crippen LogP contribution in [-0.2, 0) is 19.1 Å². The van der Waals surface area contributed by atoms with E-state index in [1.807, 2.05) is 0 Å². The molecule has 5 unspecified atom stereocenters. The number of ether oxygens (including phenoxy) is 2. The minimum absolute atomic E-state index is 0.0109. The second kappa shape index (κ2) is 7.23. The quantitative estimate of drug-likeness (QED) is 0.683. The number of methoxy groups -OCH3 is 1. The van der Waals surface area contributed by atoms with Gasteiger partial charge in [-0.15, -0.1) is 0 Å². The van der Waals surface area contributed by atoms with Crippen molar-refractivity contribution in [3.63, 3.8) is 0 Å². The number of carbonyl (C=O) groups excluding carboxylic acids is 2. The standard InChI is InChI=1S/C23H37NO5/c1-12(25)29-19-9-13-5-6-14-15-7-8-16(21(27)28-4)23(15,3)10-17(24)20(14)22(13,2)11-18(19)26/h13-20,26H,5-11,24H2,1-4H3/t13?,14-,15-,16?,17?,18?,19?,20-,22-,23-/m0/s1. The normalized spacial score (nSPS) is 51.4. The van der Waals surface area contributed by atoms with Gasteiger partial charge in [0, 0.05) is 13.0 Å². The number of hydrogen-bond acceptors (Lipinski definition) is 6. The molecular formula is C23H37NO5. The predicted octanol–water partition coefficient (Wildman–Crippen LogP) is 2.66. The number of carbonyl (C=O) groups is 2. The summed E-state index contributed by atoms with van der Waals surface area (Å²) in [6.07, 6.45) is 5.29. The Balaban J connectivity index is 1.61. The topological polar surface area (TPSA) is 98.8 Å². The van der Waals surface area contributed by atoms with Gasteiger partial charge in [0.1, 0.15) is 6.10 Å². The van der Waals surface area contributed by atoms with Crippen molar-refractivity contribution in [1.82, 2.24) is 0 Å². The Kier molecular flexibility index (Phi) is 5.26. The van der Waals surface area contributed by atoms with Crippen LogP contribution in [0.1, 0.15) is 65.7 Å². The molecule has 4 aliphatic carbocycles. The Morgan fingerprint density at radius 1 is 1.07 bits per heavy atom. The molecule has 0 radical (unpaired) electrons. The Labute approximate surface area is 173 Å². The van der Waals surface area contributed by atoms with Crippen LogP contribution in [0.3, 0.4) is 0 Å². The lowest BCUT2D eigenvalue weighted by Gasteiger charge is -2.63. The molecule has 10 atom stereocenters. The fourth-order valence-corrected chi connectivity index (χ4v) is 8.40. The van der Waals surface area contributed by atoms with E-state index in [9.17, 15) is 14.7 Å². The second-order valence-corrected chi connectivity index (χ2v) is 10.8. The molecule has 0 aliphatic heterocycles. The molecule has 0 saturated heterocycles. The van der Waals surface area contributed by atoms with E-state index in [-0.39, 0.29) is 34.7 Å². The van der Waals surface area contributed by atoms with Gasteiger partial charge in [0.25, 0.3) is 0 Å². The van der Waals surface area contributed by atoms with Crippen molar-refractivity contribution >= 4 is 11.9 Å². The molecule has 0 bridgehead atoms. The third kappa shape index (κ3) is 3.13. The van der Waals surface area contributed by atoms with Gasteiger partial charge < -0.3 is 20.3 Å². The SMILES string of the molecule is COC(=O)C1CC[C@H]2[C@@H]3CCC4CC(OC(C)=O)C(O)C[C@]4(C)[C@@H]3C(N)C[C@]12C. The average Bonchev–Trinajstić information content (AvgIpc) is 2.97. The number of esters is 2. The van der Waals surface area contributed by atoms with Crippen LogP contribution in [0.25, 0.3) is 0 Å². The smallest absolute Gasteiger partial charge is 0.309 e. The fraction of sp³-hybridized carbons (Fsp3) is 0.913. The fourth-order valence-electron chi connectivity index (χ4n) is 8.40. The zero-order valence-electron chi connectivity index (χ0n) is 18.2. The third-order valence-corrected chi connectivity index (χ3v) is 9.46. The lowest BCUT2D eigenvalue weighted by atomic mass is 9.43. The monoisotopic (exact) mass is 407 g/mol. The van der Waals surface area contributed by atoms with Gasteiger partial charge in [-0.2, -0.15) is 0 Å². The molecule has 6 nitrogen and oxygen atoms in total. The summed E-state index contributed by atoms with van der Waals surface area (Å²) in [6, 6.07) is 0.0109. The zero-order chi connectivity index (χ0) is 21.1. The zero-order valence-corrected chi connectivity index (χ0v) is 18.2. The van der Waals surface area contributed by atoms with Crippen LogP contribution in [0.4, 0.5) is 0 Å². The van der Waals surface area contributed by atoms with Gasteiger partial charge >= 0.3 is 11.9 Å². The number of nitrogens with two attached hydrogens (primary N) is 1. The highest BCUT2D eigenvalue weighted by Crippen LogP contribution is 2.67. The molecule has 164 valence electrons. The minimum Gasteiger partial charge on any atom is -0.469 e. The lowest BCUT2D eigenvalue weighted by molar-refractivity contribution is -0.186. The molecule has 4 saturated carbocycles. The Hall–Kier alpha value is -1.14. The lowest BCUT2D eigenvalue weighted by Crippen LogP contribution is -2.63. The molecule has 4 fully saturated rings. The minimum atomic E-state index is -0.634. The van der Waals surface area contributed by atoms with E-state index in [1.54, 1.807) is 0 Å². The number of hydrogen-bond donors (Lipinski definition) is 2. The largest absolute Gasteiger partial charge is 0.469 e. The third-order valence-electron chi connectivity index (χ3n) is 9.46. The van der Waals surface area contributed by atoms with E-state index in [4.69, 9.17) is 15.2 Å². The van der Waals surface area contributed by atoms with Crippen molar-refractivity contribution in [3.05, 3.63) is 0 Å². The van der Waals surface area contributed by atoms with Gasteiger partial charge in [-0.3, -0.25) is 9.59 Å². The van der Waals surface area contributed by atoms with Crippen LogP contribution in [0, 0.1) is 40.4 Å². The maximum atomic E-state index is 12.5. The van der Waals surface area contributed by atoms with Crippen molar-refractivity contribution in [2.45, 2.75) is 84.0 Å². The van der Waals surface area contributed by atoms with E-state index in [0.29, 0.717) is 30.1 Å². The number of aliphatic hydroxyl groups excluding tert-OH is 1. The van der Waals surface area contributed by atoms with Crippen LogP contribution in [0.15, 0.2) is 0 Å². The van der Waals surface area contributed by atoms with E-state index in [2.05, 4.69) is 13.8 Å². The van der Waals surface area contributed by atoms with Gasteiger partial charge in [0.2, 0.25) is 0 Å². The summed E-state index contributed by atoms with van der Waals surface area (Å²) in [5.41, 5.74) is 6.72. The molecule has 0 spiro atoms. The summed E-state index contributed by atoms with van der Waals surface area (Å²) in [5.74, 6) is 1.25. The highest BCUT2D eigenvalue weighted by Gasteiger charge is 2.64. The highest BCUT2D eigenvalue weighted by atomic mass is 16.6. The molecular weight excluding hydrogens is 370 g/mol. The Morgan fingerprint density at radius 3 is 2.45 bits per heavy atom. The molecule has 4 aliphatic rings. The first-order valence-electron chi connectivity index (χ1n) is 11.3. The van der Waals surface area contributed by atoms with Crippen LogP contribution in [0.2, 0.25) is 0 Å². The first kappa shape index (κ1) is 21.1. The molecule has 0 aromatic rings. The summed E-state index contributed by atoms with van der Waals surface area (Å²) in [4.78, 5) is 23.9. The Morgan fingerprint density at radius 2 is 1.79 bits per heavy atom. The molecule has 6 heteroatoms. The number of fused-ring (bicyclic) bond motifs is 5. The number of aliphatic hydroxyl groups is 1. The summed E-state index contributed by atoms with van der Waals surface area (Å²) in [6.45, 7) is 5.97. The van der Waals surface area contributed by atoms with E-state index in [1.165, 1.54) is 14.0 Å². The maximum absolute atomic E-state index is 12.5. The molecule has 0 heterocycles. The van der Waals surface area contributed by atoms with Gasteiger partial charge in [-0.1, -0.05) is 13.8 Å². The first-order chi connectivity index (χ1) is 13.6. The van der Waals surface area contributed by atoms with Crippen molar-refractivity contribution < 1.29 is 24.2 Å². The summed E-state index contributed by atoms with van der Waals surface area (Å²) in [7, 11) is 1.49. The first-order valence-corrected chi connectivity index (χ1v) is 11.3. The second-order valence-electron chi connectivity index (χ2n) is 10.8. The van der Waals surface area contributed by atoms with Gasteiger partial charge in [0.15, 0.2) is 0 Å². The van der Waals surface area contributed by atoms with E-state index >= 15 is 0 Å². The Bertz CT molecular complexity index is 682. The summed E-state index contributed by atoms with van der Waals surface area (Å²) < 4.78 is 10.6. The highest BCUT2D eigenvalue weighted by molar-refractivity contribution is 5.74. The van der Waals surface area contributed by atoms with Crippen LogP contribution >= 0.6 is 0 Å². The maximum Gasteiger partial charge on any atom is 0.309 e. The van der Waals surface area contributed by atoms with Gasteiger partial charge in [-0.05, 0) is 79.4 Å². The predicted molar refractivity (Wildman–Crippen MR) is 108 cm³/mol. The molecule has 3 N–H and O–H groups in total. The molecule has 0 amide bonds.